The van der Waals surface area contributed by atoms with E-state index in [1.165, 1.54) is 0 Å². The number of benzene rings is 1. The number of methoxy groups -OCH3 is 1. The molecule has 1 aliphatic rings. The van der Waals surface area contributed by atoms with Gasteiger partial charge >= 0.3 is 0 Å². The smallest absolute Gasteiger partial charge is 0.215 e. The normalized spacial score (nSPS) is 22.6. The van der Waals surface area contributed by atoms with Crippen LogP contribution in [0.2, 0.25) is 0 Å². The van der Waals surface area contributed by atoms with E-state index in [2.05, 4.69) is 4.72 Å². The van der Waals surface area contributed by atoms with E-state index in [9.17, 15) is 8.42 Å². The summed E-state index contributed by atoms with van der Waals surface area (Å²) in [6, 6.07) is 7.28. The molecule has 21 heavy (non-hydrogen) atoms. The average Bonchev–Trinajstić information content (AvgIpc) is 2.95. The number of hydrogen-bond acceptors (Lipinski definition) is 5. The predicted molar refractivity (Wildman–Crippen MR) is 80.1 cm³/mol. The minimum atomic E-state index is -3.44. The number of nitrogens with one attached hydrogen (secondary N) is 1. The molecule has 2 rings (SSSR count). The van der Waals surface area contributed by atoms with E-state index < -0.39 is 15.6 Å². The quantitative estimate of drug-likeness (QED) is 0.759. The van der Waals surface area contributed by atoms with Crippen molar-refractivity contribution in [2.24, 2.45) is 5.73 Å². The molecule has 0 bridgehead atoms. The van der Waals surface area contributed by atoms with E-state index in [4.69, 9.17) is 15.2 Å². The Kier molecular flexibility index (Phi) is 5.34. The Morgan fingerprint density at radius 2 is 2.10 bits per heavy atom. The van der Waals surface area contributed by atoms with Crippen LogP contribution in [0.4, 0.5) is 0 Å². The maximum atomic E-state index is 12.2. The second-order valence-electron chi connectivity index (χ2n) is 5.24. The Morgan fingerprint density at radius 3 is 2.67 bits per heavy atom. The van der Waals surface area contributed by atoms with Crippen molar-refractivity contribution in [2.45, 2.75) is 24.3 Å². The van der Waals surface area contributed by atoms with Crippen LogP contribution in [0.5, 0.6) is 0 Å². The van der Waals surface area contributed by atoms with Gasteiger partial charge in [-0.3, -0.25) is 0 Å². The molecule has 1 saturated heterocycles. The van der Waals surface area contributed by atoms with E-state index in [1.54, 1.807) is 13.2 Å². The van der Waals surface area contributed by atoms with Crippen LogP contribution < -0.4 is 10.5 Å². The molecule has 1 atom stereocenters. The number of rotatable bonds is 7. The molecular formula is C14H22N2O4S. The van der Waals surface area contributed by atoms with E-state index in [0.717, 1.165) is 11.1 Å². The van der Waals surface area contributed by atoms with E-state index >= 15 is 0 Å². The molecule has 0 saturated carbocycles. The lowest BCUT2D eigenvalue weighted by molar-refractivity contribution is -0.0120. The third-order valence-electron chi connectivity index (χ3n) is 3.80. The zero-order valence-corrected chi connectivity index (χ0v) is 13.0. The monoisotopic (exact) mass is 314 g/mol. The summed E-state index contributed by atoms with van der Waals surface area (Å²) in [7, 11) is -1.87. The van der Waals surface area contributed by atoms with Gasteiger partial charge in [-0.15, -0.1) is 0 Å². The molecule has 1 aromatic carbocycles. The standard InChI is InChI=1S/C14H22N2O4S/c1-19-14(6-7-20-11-14)10-16-21(17,18)9-13-5-3-2-4-12(13)8-15/h2-5,16H,6-11,15H2,1H3. The van der Waals surface area contributed by atoms with E-state index in [-0.39, 0.29) is 12.3 Å². The first-order valence-electron chi connectivity index (χ1n) is 6.87. The van der Waals surface area contributed by atoms with Gasteiger partial charge in [-0.1, -0.05) is 24.3 Å². The van der Waals surface area contributed by atoms with E-state index in [1.807, 2.05) is 18.2 Å². The van der Waals surface area contributed by atoms with Gasteiger partial charge < -0.3 is 15.2 Å². The van der Waals surface area contributed by atoms with Gasteiger partial charge in [0.25, 0.3) is 0 Å². The van der Waals surface area contributed by atoms with Crippen LogP contribution in [0.25, 0.3) is 0 Å². The predicted octanol–water partition coefficient (Wildman–Crippen LogP) is 0.370. The molecule has 1 aromatic rings. The zero-order valence-electron chi connectivity index (χ0n) is 12.2. The Balaban J connectivity index is 2.02. The Labute approximate surface area is 125 Å². The van der Waals surface area contributed by atoms with Crippen molar-refractivity contribution in [1.29, 1.82) is 0 Å². The van der Waals surface area contributed by atoms with Crippen LogP contribution in [0.15, 0.2) is 24.3 Å². The summed E-state index contributed by atoms with van der Waals surface area (Å²) < 4.78 is 37.8. The van der Waals surface area contributed by atoms with Gasteiger partial charge in [0.1, 0.15) is 5.60 Å². The summed E-state index contributed by atoms with van der Waals surface area (Å²) in [6.45, 7) is 1.54. The molecule has 0 aromatic heterocycles. The Hall–Kier alpha value is -0.990. The lowest BCUT2D eigenvalue weighted by Crippen LogP contribution is -2.45. The highest BCUT2D eigenvalue weighted by Gasteiger charge is 2.36. The van der Waals surface area contributed by atoms with Crippen molar-refractivity contribution in [2.75, 3.05) is 26.9 Å². The molecule has 0 spiro atoms. The SMILES string of the molecule is COC1(CNS(=O)(=O)Cc2ccccc2CN)CCOC1. The van der Waals surface area contributed by atoms with Crippen LogP contribution in [0.1, 0.15) is 17.5 Å². The fourth-order valence-corrected chi connectivity index (χ4v) is 3.63. The number of sulfonamides is 1. The fraction of sp³-hybridized carbons (Fsp3) is 0.571. The van der Waals surface area contributed by atoms with Crippen molar-refractivity contribution >= 4 is 10.0 Å². The molecule has 1 aliphatic heterocycles. The number of ether oxygens (including phenoxy) is 2. The second-order valence-corrected chi connectivity index (χ2v) is 7.05. The third kappa shape index (κ3) is 4.24. The molecule has 3 N–H and O–H groups in total. The first kappa shape index (κ1) is 16.4. The van der Waals surface area contributed by atoms with Gasteiger partial charge in [0.15, 0.2) is 0 Å². The highest BCUT2D eigenvalue weighted by Crippen LogP contribution is 2.22. The molecule has 1 unspecified atom stereocenters. The molecule has 0 aliphatic carbocycles. The molecule has 6 nitrogen and oxygen atoms in total. The zero-order chi connectivity index (χ0) is 15.3. The van der Waals surface area contributed by atoms with Crippen molar-refractivity contribution in [3.8, 4) is 0 Å². The number of hydrogen-bond donors (Lipinski definition) is 2. The second kappa shape index (κ2) is 6.85. The van der Waals surface area contributed by atoms with Gasteiger partial charge in [0.05, 0.1) is 12.4 Å². The topological polar surface area (TPSA) is 90.7 Å². The summed E-state index contributed by atoms with van der Waals surface area (Å²) >= 11 is 0. The van der Waals surface area contributed by atoms with Gasteiger partial charge in [-0.05, 0) is 11.1 Å². The van der Waals surface area contributed by atoms with Crippen molar-refractivity contribution in [1.82, 2.24) is 4.72 Å². The largest absolute Gasteiger partial charge is 0.378 e. The minimum Gasteiger partial charge on any atom is -0.378 e. The molecular weight excluding hydrogens is 292 g/mol. The Bertz CT molecular complexity index is 568. The highest BCUT2D eigenvalue weighted by molar-refractivity contribution is 7.88. The van der Waals surface area contributed by atoms with Crippen molar-refractivity contribution < 1.29 is 17.9 Å². The minimum absolute atomic E-state index is 0.0823. The van der Waals surface area contributed by atoms with Crippen LogP contribution >= 0.6 is 0 Å². The molecule has 0 amide bonds. The average molecular weight is 314 g/mol. The van der Waals surface area contributed by atoms with Crippen LogP contribution in [-0.4, -0.2) is 40.9 Å². The number of nitrogens with two attached hydrogens (primary N) is 1. The van der Waals surface area contributed by atoms with Crippen molar-refractivity contribution in [3.05, 3.63) is 35.4 Å². The lowest BCUT2D eigenvalue weighted by Gasteiger charge is -2.25. The molecule has 1 heterocycles. The highest BCUT2D eigenvalue weighted by atomic mass is 32.2. The van der Waals surface area contributed by atoms with Crippen LogP contribution in [0.3, 0.4) is 0 Å². The fourth-order valence-electron chi connectivity index (χ4n) is 2.36. The molecule has 0 radical (unpaired) electrons. The summed E-state index contributed by atoms with van der Waals surface area (Å²) in [6.07, 6.45) is 0.686. The summed E-state index contributed by atoms with van der Waals surface area (Å²) in [5.41, 5.74) is 6.64. The van der Waals surface area contributed by atoms with Crippen LogP contribution in [-0.2, 0) is 31.8 Å². The summed E-state index contributed by atoms with van der Waals surface area (Å²) in [4.78, 5) is 0. The van der Waals surface area contributed by atoms with Crippen molar-refractivity contribution in [3.63, 3.8) is 0 Å². The lowest BCUT2D eigenvalue weighted by atomic mass is 10.0. The summed E-state index contributed by atoms with van der Waals surface area (Å²) in [5, 5.41) is 0. The van der Waals surface area contributed by atoms with Gasteiger partial charge in [0, 0.05) is 33.2 Å². The first-order chi connectivity index (χ1) is 10.0. The summed E-state index contributed by atoms with van der Waals surface area (Å²) in [5.74, 6) is -0.0823. The first-order valence-corrected chi connectivity index (χ1v) is 8.53. The van der Waals surface area contributed by atoms with Gasteiger partial charge in [-0.25, -0.2) is 13.1 Å². The van der Waals surface area contributed by atoms with Gasteiger partial charge in [0.2, 0.25) is 10.0 Å². The van der Waals surface area contributed by atoms with E-state index in [0.29, 0.717) is 26.2 Å². The molecule has 118 valence electrons. The third-order valence-corrected chi connectivity index (χ3v) is 5.07. The van der Waals surface area contributed by atoms with Crippen LogP contribution in [0, 0.1) is 0 Å². The maximum Gasteiger partial charge on any atom is 0.215 e. The molecule has 7 heteroatoms. The maximum absolute atomic E-state index is 12.2. The van der Waals surface area contributed by atoms with Gasteiger partial charge in [-0.2, -0.15) is 0 Å². The molecule has 1 fully saturated rings. The Morgan fingerprint density at radius 1 is 1.38 bits per heavy atom.